The molecular weight excluding hydrogens is 204 g/mol. The van der Waals surface area contributed by atoms with Crippen molar-refractivity contribution in [3.63, 3.8) is 0 Å². The third-order valence-electron chi connectivity index (χ3n) is 2.19. The van der Waals surface area contributed by atoms with Crippen LogP contribution in [0, 0.1) is 0 Å². The molecule has 0 atom stereocenters. The van der Waals surface area contributed by atoms with E-state index >= 15 is 0 Å². The van der Waals surface area contributed by atoms with Crippen molar-refractivity contribution < 1.29 is 13.2 Å². The number of rotatable bonds is 2. The van der Waals surface area contributed by atoms with Gasteiger partial charge in [0.2, 0.25) is 15.9 Å². The van der Waals surface area contributed by atoms with Crippen molar-refractivity contribution in [1.82, 2.24) is 9.21 Å². The molecule has 80 valence electrons. The highest BCUT2D eigenvalue weighted by molar-refractivity contribution is 7.88. The van der Waals surface area contributed by atoms with Crippen LogP contribution in [0.4, 0.5) is 0 Å². The number of amides is 1. The predicted octanol–water partition coefficient (Wildman–Crippen LogP) is -0.724. The molecule has 0 aromatic rings. The zero-order chi connectivity index (χ0) is 10.8. The van der Waals surface area contributed by atoms with E-state index < -0.39 is 10.0 Å². The minimum Gasteiger partial charge on any atom is -0.337 e. The minimum atomic E-state index is -3.11. The second kappa shape index (κ2) is 4.10. The predicted molar refractivity (Wildman–Crippen MR) is 53.2 cm³/mol. The zero-order valence-corrected chi connectivity index (χ0v) is 8.96. The lowest BCUT2D eigenvalue weighted by Gasteiger charge is -2.32. The van der Waals surface area contributed by atoms with Gasteiger partial charge in [0.25, 0.3) is 0 Å². The molecule has 6 heteroatoms. The summed E-state index contributed by atoms with van der Waals surface area (Å²) in [6, 6.07) is 0. The molecule has 1 fully saturated rings. The van der Waals surface area contributed by atoms with Crippen LogP contribution in [0.3, 0.4) is 0 Å². The standard InChI is InChI=1S/C8H14N2O3S/c1-3-8(11)9-4-6-10(7-5-9)14(2,12)13/h3H,1,4-7H2,2H3. The Balaban J connectivity index is 2.55. The summed E-state index contributed by atoms with van der Waals surface area (Å²) >= 11 is 0. The molecule has 0 aromatic heterocycles. The normalized spacial score (nSPS) is 19.4. The first-order valence-electron chi connectivity index (χ1n) is 4.31. The first-order valence-corrected chi connectivity index (χ1v) is 6.16. The summed E-state index contributed by atoms with van der Waals surface area (Å²) in [5.41, 5.74) is 0. The largest absolute Gasteiger partial charge is 0.337 e. The number of carbonyl (C=O) groups excluding carboxylic acids is 1. The molecule has 1 amide bonds. The second-order valence-corrected chi connectivity index (χ2v) is 5.17. The molecule has 0 aliphatic carbocycles. The molecule has 14 heavy (non-hydrogen) atoms. The number of nitrogens with zero attached hydrogens (tertiary/aromatic N) is 2. The molecule has 1 rings (SSSR count). The number of hydrogen-bond donors (Lipinski definition) is 0. The molecular formula is C8H14N2O3S. The summed E-state index contributed by atoms with van der Waals surface area (Å²) in [4.78, 5) is 12.8. The van der Waals surface area contributed by atoms with Crippen molar-refractivity contribution >= 4 is 15.9 Å². The van der Waals surface area contributed by atoms with Crippen molar-refractivity contribution in [3.8, 4) is 0 Å². The van der Waals surface area contributed by atoms with Crippen LogP contribution in [0.25, 0.3) is 0 Å². The average molecular weight is 218 g/mol. The van der Waals surface area contributed by atoms with Crippen molar-refractivity contribution in [2.45, 2.75) is 0 Å². The van der Waals surface area contributed by atoms with Gasteiger partial charge in [-0.2, -0.15) is 4.31 Å². The van der Waals surface area contributed by atoms with Crippen molar-refractivity contribution in [3.05, 3.63) is 12.7 Å². The lowest BCUT2D eigenvalue weighted by Crippen LogP contribution is -2.49. The SMILES string of the molecule is C=CC(=O)N1CCN(S(C)(=O)=O)CC1. The Hall–Kier alpha value is -0.880. The fraction of sp³-hybridized carbons (Fsp3) is 0.625. The van der Waals surface area contributed by atoms with E-state index in [1.54, 1.807) is 4.90 Å². The minimum absolute atomic E-state index is 0.141. The van der Waals surface area contributed by atoms with E-state index in [0.717, 1.165) is 0 Å². The van der Waals surface area contributed by atoms with Crippen LogP contribution in [-0.2, 0) is 14.8 Å². The summed E-state index contributed by atoms with van der Waals surface area (Å²) in [6.07, 6.45) is 2.42. The van der Waals surface area contributed by atoms with Gasteiger partial charge in [-0.05, 0) is 6.08 Å². The van der Waals surface area contributed by atoms with Crippen molar-refractivity contribution in [1.29, 1.82) is 0 Å². The van der Waals surface area contributed by atoms with Gasteiger partial charge in [-0.15, -0.1) is 0 Å². The Morgan fingerprint density at radius 3 is 2.14 bits per heavy atom. The van der Waals surface area contributed by atoms with Gasteiger partial charge in [0.05, 0.1) is 6.26 Å². The molecule has 0 saturated carbocycles. The zero-order valence-electron chi connectivity index (χ0n) is 8.14. The van der Waals surface area contributed by atoms with Gasteiger partial charge in [0, 0.05) is 26.2 Å². The molecule has 1 saturated heterocycles. The Morgan fingerprint density at radius 1 is 1.29 bits per heavy atom. The molecule has 0 unspecified atom stereocenters. The molecule has 0 radical (unpaired) electrons. The maximum Gasteiger partial charge on any atom is 0.246 e. The van der Waals surface area contributed by atoms with Crippen molar-refractivity contribution in [2.75, 3.05) is 32.4 Å². The number of hydrogen-bond acceptors (Lipinski definition) is 3. The van der Waals surface area contributed by atoms with Crippen LogP contribution in [0.15, 0.2) is 12.7 Å². The van der Waals surface area contributed by atoms with Gasteiger partial charge in [0.15, 0.2) is 0 Å². The maximum absolute atomic E-state index is 11.2. The first kappa shape index (κ1) is 11.2. The third-order valence-corrected chi connectivity index (χ3v) is 3.50. The highest BCUT2D eigenvalue weighted by atomic mass is 32.2. The van der Waals surface area contributed by atoms with Crippen LogP contribution in [0.2, 0.25) is 0 Å². The quantitative estimate of drug-likeness (QED) is 0.575. The Bertz CT molecular complexity index is 328. The Morgan fingerprint density at radius 2 is 1.79 bits per heavy atom. The van der Waals surface area contributed by atoms with E-state index in [1.165, 1.54) is 16.6 Å². The molecule has 0 bridgehead atoms. The van der Waals surface area contributed by atoms with E-state index in [0.29, 0.717) is 26.2 Å². The van der Waals surface area contributed by atoms with E-state index in [1.807, 2.05) is 0 Å². The monoisotopic (exact) mass is 218 g/mol. The summed E-state index contributed by atoms with van der Waals surface area (Å²) in [7, 11) is -3.11. The molecule has 1 heterocycles. The smallest absolute Gasteiger partial charge is 0.246 e. The van der Waals surface area contributed by atoms with E-state index in [4.69, 9.17) is 0 Å². The lowest BCUT2D eigenvalue weighted by molar-refractivity contribution is -0.127. The van der Waals surface area contributed by atoms with Gasteiger partial charge < -0.3 is 4.90 Å². The Labute approximate surface area is 84.0 Å². The summed E-state index contributed by atoms with van der Waals surface area (Å²) in [5, 5.41) is 0. The highest BCUT2D eigenvalue weighted by Gasteiger charge is 2.24. The van der Waals surface area contributed by atoms with Gasteiger partial charge in [-0.25, -0.2) is 8.42 Å². The van der Waals surface area contributed by atoms with E-state index in [9.17, 15) is 13.2 Å². The number of carbonyl (C=O) groups is 1. The van der Waals surface area contributed by atoms with E-state index in [2.05, 4.69) is 6.58 Å². The Kier molecular flexibility index (Phi) is 3.28. The third kappa shape index (κ3) is 2.55. The maximum atomic E-state index is 11.2. The van der Waals surface area contributed by atoms with Crippen LogP contribution in [-0.4, -0.2) is 56.0 Å². The number of piperazine rings is 1. The molecule has 0 N–H and O–H groups in total. The topological polar surface area (TPSA) is 57.7 Å². The fourth-order valence-corrected chi connectivity index (χ4v) is 2.20. The van der Waals surface area contributed by atoms with Crippen LogP contribution in [0.5, 0.6) is 0 Å². The van der Waals surface area contributed by atoms with Gasteiger partial charge in [-0.3, -0.25) is 4.79 Å². The van der Waals surface area contributed by atoms with Crippen LogP contribution >= 0.6 is 0 Å². The molecule has 1 aliphatic rings. The lowest BCUT2D eigenvalue weighted by atomic mass is 10.3. The molecule has 1 aliphatic heterocycles. The van der Waals surface area contributed by atoms with Crippen LogP contribution < -0.4 is 0 Å². The van der Waals surface area contributed by atoms with Gasteiger partial charge in [-0.1, -0.05) is 6.58 Å². The fourth-order valence-electron chi connectivity index (χ4n) is 1.37. The number of sulfonamides is 1. The molecule has 5 nitrogen and oxygen atoms in total. The van der Waals surface area contributed by atoms with E-state index in [-0.39, 0.29) is 5.91 Å². The molecule has 0 spiro atoms. The second-order valence-electron chi connectivity index (χ2n) is 3.19. The summed E-state index contributed by atoms with van der Waals surface area (Å²) in [5.74, 6) is -0.141. The average Bonchev–Trinajstić information content (AvgIpc) is 2.15. The van der Waals surface area contributed by atoms with Crippen LogP contribution in [0.1, 0.15) is 0 Å². The summed E-state index contributed by atoms with van der Waals surface area (Å²) < 4.78 is 23.6. The van der Waals surface area contributed by atoms with Gasteiger partial charge >= 0.3 is 0 Å². The van der Waals surface area contributed by atoms with Gasteiger partial charge in [0.1, 0.15) is 0 Å². The first-order chi connectivity index (χ1) is 6.45. The molecule has 0 aromatic carbocycles. The summed E-state index contributed by atoms with van der Waals surface area (Å²) in [6.45, 7) is 5.01. The van der Waals surface area contributed by atoms with Crippen molar-refractivity contribution in [2.24, 2.45) is 0 Å². The highest BCUT2D eigenvalue weighted by Crippen LogP contribution is 2.05.